The van der Waals surface area contributed by atoms with Crippen molar-refractivity contribution in [3.63, 3.8) is 0 Å². The van der Waals surface area contributed by atoms with Gasteiger partial charge < -0.3 is 14.2 Å². The first kappa shape index (κ1) is 16.0. The van der Waals surface area contributed by atoms with Crippen LogP contribution in [0.2, 0.25) is 0 Å². The molecule has 0 N–H and O–H groups in total. The predicted octanol–water partition coefficient (Wildman–Crippen LogP) is 3.11. The van der Waals surface area contributed by atoms with E-state index in [2.05, 4.69) is 16.5 Å². The Balaban J connectivity index is 2.02. The predicted molar refractivity (Wildman–Crippen MR) is 87.8 cm³/mol. The van der Waals surface area contributed by atoms with Gasteiger partial charge in [-0.2, -0.15) is 0 Å². The number of halogens is 1. The Hall–Kier alpha value is -1.88. The van der Waals surface area contributed by atoms with Gasteiger partial charge in [-0.25, -0.2) is 4.39 Å². The minimum Gasteiger partial charge on any atom is -0.466 e. The number of aryl methyl sites for hydroxylation is 1. The summed E-state index contributed by atoms with van der Waals surface area (Å²) in [6.45, 7) is 4.65. The summed E-state index contributed by atoms with van der Waals surface area (Å²) in [6, 6.07) is 4.94. The van der Waals surface area contributed by atoms with Gasteiger partial charge in [-0.3, -0.25) is 4.79 Å². The molecule has 2 aromatic rings. The molecule has 0 saturated carbocycles. The zero-order valence-electron chi connectivity index (χ0n) is 13.8. The maximum absolute atomic E-state index is 13.7. The van der Waals surface area contributed by atoms with Crippen molar-refractivity contribution in [2.75, 3.05) is 20.2 Å². The first-order chi connectivity index (χ1) is 11.1. The second kappa shape index (κ2) is 6.71. The second-order valence-electron chi connectivity index (χ2n) is 6.13. The molecule has 2 heterocycles. The topological polar surface area (TPSA) is 34.5 Å². The summed E-state index contributed by atoms with van der Waals surface area (Å²) in [6.07, 6.45) is 2.37. The van der Waals surface area contributed by atoms with Crippen LogP contribution < -0.4 is 0 Å². The van der Waals surface area contributed by atoms with Crippen LogP contribution in [0.1, 0.15) is 31.0 Å². The first-order valence-corrected chi connectivity index (χ1v) is 8.23. The van der Waals surface area contributed by atoms with Crippen molar-refractivity contribution in [3.05, 3.63) is 35.3 Å². The summed E-state index contributed by atoms with van der Waals surface area (Å²) in [4.78, 5) is 14.0. The SMILES string of the molecule is CCOC(=O)CCn1c2c(c3cc(F)ccc31)CN(C)CCC2. The zero-order valence-corrected chi connectivity index (χ0v) is 13.8. The van der Waals surface area contributed by atoms with Crippen molar-refractivity contribution in [2.45, 2.75) is 39.3 Å². The smallest absolute Gasteiger partial charge is 0.307 e. The molecule has 5 heteroatoms. The van der Waals surface area contributed by atoms with Gasteiger partial charge in [-0.1, -0.05) is 0 Å². The highest BCUT2D eigenvalue weighted by Gasteiger charge is 2.21. The lowest BCUT2D eigenvalue weighted by Gasteiger charge is -2.12. The van der Waals surface area contributed by atoms with E-state index in [0.717, 1.165) is 36.8 Å². The van der Waals surface area contributed by atoms with E-state index in [9.17, 15) is 9.18 Å². The largest absolute Gasteiger partial charge is 0.466 e. The molecule has 0 amide bonds. The van der Waals surface area contributed by atoms with E-state index < -0.39 is 0 Å². The first-order valence-electron chi connectivity index (χ1n) is 8.23. The molecular formula is C18H23FN2O2. The van der Waals surface area contributed by atoms with Gasteiger partial charge in [-0.05, 0) is 57.1 Å². The van der Waals surface area contributed by atoms with Crippen LogP contribution in [-0.2, 0) is 29.0 Å². The van der Waals surface area contributed by atoms with E-state index in [4.69, 9.17) is 4.74 Å². The minimum atomic E-state index is -0.213. The number of hydrogen-bond acceptors (Lipinski definition) is 3. The van der Waals surface area contributed by atoms with Gasteiger partial charge >= 0.3 is 5.97 Å². The summed E-state index contributed by atoms with van der Waals surface area (Å²) in [5.41, 5.74) is 3.44. The van der Waals surface area contributed by atoms with Crippen LogP contribution in [0.4, 0.5) is 4.39 Å². The number of aromatic nitrogens is 1. The number of fused-ring (bicyclic) bond motifs is 3. The summed E-state index contributed by atoms with van der Waals surface area (Å²) in [7, 11) is 2.09. The van der Waals surface area contributed by atoms with Gasteiger partial charge in [0.1, 0.15) is 5.82 Å². The molecule has 0 unspecified atom stereocenters. The number of nitrogens with zero attached hydrogens (tertiary/aromatic N) is 2. The lowest BCUT2D eigenvalue weighted by atomic mass is 10.1. The fourth-order valence-corrected chi connectivity index (χ4v) is 3.47. The molecule has 1 aromatic carbocycles. The Morgan fingerprint density at radius 2 is 2.22 bits per heavy atom. The molecule has 124 valence electrons. The number of esters is 1. The zero-order chi connectivity index (χ0) is 16.4. The summed E-state index contributed by atoms with van der Waals surface area (Å²) < 4.78 is 20.9. The van der Waals surface area contributed by atoms with Crippen molar-refractivity contribution in [1.29, 1.82) is 0 Å². The van der Waals surface area contributed by atoms with Crippen LogP contribution in [0.5, 0.6) is 0 Å². The summed E-state index contributed by atoms with van der Waals surface area (Å²) in [5, 5.41) is 0.970. The quantitative estimate of drug-likeness (QED) is 0.813. The minimum absolute atomic E-state index is 0.184. The molecule has 23 heavy (non-hydrogen) atoms. The van der Waals surface area contributed by atoms with E-state index in [1.165, 1.54) is 17.3 Å². The molecule has 0 saturated heterocycles. The normalized spacial score (nSPS) is 15.4. The lowest BCUT2D eigenvalue weighted by molar-refractivity contribution is -0.143. The molecule has 4 nitrogen and oxygen atoms in total. The fraction of sp³-hybridized carbons (Fsp3) is 0.500. The average Bonchev–Trinajstić information content (AvgIpc) is 2.66. The molecule has 0 fully saturated rings. The van der Waals surface area contributed by atoms with Crippen molar-refractivity contribution < 1.29 is 13.9 Å². The average molecular weight is 318 g/mol. The van der Waals surface area contributed by atoms with E-state index in [0.29, 0.717) is 19.6 Å². The van der Waals surface area contributed by atoms with Crippen LogP contribution in [-0.4, -0.2) is 35.6 Å². The Morgan fingerprint density at radius 1 is 1.39 bits per heavy atom. The Labute approximate surface area is 135 Å². The number of carbonyl (C=O) groups excluding carboxylic acids is 1. The third-order valence-electron chi connectivity index (χ3n) is 4.47. The van der Waals surface area contributed by atoms with Crippen molar-refractivity contribution in [1.82, 2.24) is 9.47 Å². The van der Waals surface area contributed by atoms with Gasteiger partial charge in [0.15, 0.2) is 0 Å². The number of hydrogen-bond donors (Lipinski definition) is 0. The van der Waals surface area contributed by atoms with E-state index in [-0.39, 0.29) is 11.8 Å². The Bertz CT molecular complexity index is 723. The van der Waals surface area contributed by atoms with Crippen molar-refractivity contribution in [3.8, 4) is 0 Å². The van der Waals surface area contributed by atoms with Crippen LogP contribution in [0.25, 0.3) is 10.9 Å². The number of rotatable bonds is 4. The van der Waals surface area contributed by atoms with Crippen molar-refractivity contribution >= 4 is 16.9 Å². The van der Waals surface area contributed by atoms with E-state index >= 15 is 0 Å². The third kappa shape index (κ3) is 3.24. The number of carbonyl (C=O) groups is 1. The fourth-order valence-electron chi connectivity index (χ4n) is 3.47. The molecule has 1 aliphatic rings. The lowest BCUT2D eigenvalue weighted by Crippen LogP contribution is -2.17. The highest BCUT2D eigenvalue weighted by Crippen LogP contribution is 2.31. The highest BCUT2D eigenvalue weighted by atomic mass is 19.1. The molecule has 0 aliphatic carbocycles. The Morgan fingerprint density at radius 3 is 3.00 bits per heavy atom. The third-order valence-corrected chi connectivity index (χ3v) is 4.47. The molecule has 1 aromatic heterocycles. The molecular weight excluding hydrogens is 295 g/mol. The van der Waals surface area contributed by atoms with Gasteiger partial charge in [-0.15, -0.1) is 0 Å². The Kier molecular flexibility index (Phi) is 4.66. The molecule has 0 atom stereocenters. The molecule has 0 spiro atoms. The van der Waals surface area contributed by atoms with Crippen LogP contribution in [0.15, 0.2) is 18.2 Å². The number of ether oxygens (including phenoxy) is 1. The van der Waals surface area contributed by atoms with Gasteiger partial charge in [0.25, 0.3) is 0 Å². The molecule has 0 radical (unpaired) electrons. The maximum atomic E-state index is 13.7. The monoisotopic (exact) mass is 318 g/mol. The number of benzene rings is 1. The van der Waals surface area contributed by atoms with Crippen LogP contribution >= 0.6 is 0 Å². The molecule has 0 bridgehead atoms. The summed E-state index contributed by atoms with van der Waals surface area (Å²) in [5.74, 6) is -0.398. The van der Waals surface area contributed by atoms with E-state index in [1.54, 1.807) is 6.07 Å². The molecule has 3 rings (SSSR count). The van der Waals surface area contributed by atoms with Crippen LogP contribution in [0, 0.1) is 5.82 Å². The van der Waals surface area contributed by atoms with Gasteiger partial charge in [0, 0.05) is 29.7 Å². The van der Waals surface area contributed by atoms with Crippen LogP contribution in [0.3, 0.4) is 0 Å². The maximum Gasteiger partial charge on any atom is 0.307 e. The molecule has 1 aliphatic heterocycles. The standard InChI is InChI=1S/C18H23FN2O2/c1-3-23-18(22)8-10-21-16-5-4-9-20(2)12-15(16)14-11-13(19)6-7-17(14)21/h6-7,11H,3-5,8-10,12H2,1-2H3. The summed E-state index contributed by atoms with van der Waals surface area (Å²) >= 11 is 0. The van der Waals surface area contributed by atoms with Gasteiger partial charge in [0.2, 0.25) is 0 Å². The van der Waals surface area contributed by atoms with Gasteiger partial charge in [0.05, 0.1) is 13.0 Å². The van der Waals surface area contributed by atoms with E-state index in [1.807, 2.05) is 13.0 Å². The second-order valence-corrected chi connectivity index (χ2v) is 6.13. The highest BCUT2D eigenvalue weighted by molar-refractivity contribution is 5.86. The van der Waals surface area contributed by atoms with Crippen molar-refractivity contribution in [2.24, 2.45) is 0 Å².